The molecule has 0 aliphatic rings. The van der Waals surface area contributed by atoms with Gasteiger partial charge in [-0.1, -0.05) is 49.4 Å². The van der Waals surface area contributed by atoms with E-state index in [-0.39, 0.29) is 18.6 Å². The van der Waals surface area contributed by atoms with Gasteiger partial charge in [-0.3, -0.25) is 9.59 Å². The molecule has 142 valence electrons. The lowest BCUT2D eigenvalue weighted by Gasteiger charge is -2.27. The van der Waals surface area contributed by atoms with Gasteiger partial charge in [0.25, 0.3) is 5.91 Å². The molecule has 2 aromatic rings. The van der Waals surface area contributed by atoms with Crippen LogP contribution in [0.3, 0.4) is 0 Å². The summed E-state index contributed by atoms with van der Waals surface area (Å²) in [5, 5.41) is 0. The van der Waals surface area contributed by atoms with Gasteiger partial charge in [-0.15, -0.1) is 0 Å². The monoisotopic (exact) mass is 366 g/mol. The van der Waals surface area contributed by atoms with Crippen molar-refractivity contribution in [1.29, 1.82) is 0 Å². The molecule has 0 aromatic heterocycles. The molecule has 5 nitrogen and oxygen atoms in total. The molecule has 0 fully saturated rings. The molecule has 1 atom stereocenters. The van der Waals surface area contributed by atoms with Gasteiger partial charge in [-0.05, 0) is 42.7 Å². The molecule has 0 saturated heterocycles. The first kappa shape index (κ1) is 20.2. The summed E-state index contributed by atoms with van der Waals surface area (Å²) >= 11 is 0. The van der Waals surface area contributed by atoms with Crippen LogP contribution >= 0.6 is 0 Å². The smallest absolute Gasteiger partial charge is 0.255 e. The van der Waals surface area contributed by atoms with E-state index in [1.807, 2.05) is 47.4 Å². The molecule has 2 amide bonds. The molecule has 0 spiro atoms. The summed E-state index contributed by atoms with van der Waals surface area (Å²) in [6, 6.07) is 17.2. The number of amides is 2. The Hall–Kier alpha value is -3.08. The fourth-order valence-corrected chi connectivity index (χ4v) is 2.54. The number of nitrogens with two attached hydrogens (primary N) is 1. The fraction of sp³-hybridized carbons (Fsp3) is 0.273. The zero-order valence-electron chi connectivity index (χ0n) is 15.8. The van der Waals surface area contributed by atoms with E-state index in [9.17, 15) is 9.59 Å². The average Bonchev–Trinajstić information content (AvgIpc) is 2.69. The number of benzene rings is 2. The van der Waals surface area contributed by atoms with Crippen molar-refractivity contribution in [1.82, 2.24) is 4.90 Å². The third-order valence-corrected chi connectivity index (χ3v) is 4.28. The van der Waals surface area contributed by atoms with Crippen molar-refractivity contribution in [3.8, 4) is 5.75 Å². The molecule has 0 saturated carbocycles. The largest absolute Gasteiger partial charge is 0.484 e. The summed E-state index contributed by atoms with van der Waals surface area (Å²) < 4.78 is 5.22. The molecule has 2 rings (SSSR count). The van der Waals surface area contributed by atoms with Gasteiger partial charge in [0, 0.05) is 18.7 Å². The van der Waals surface area contributed by atoms with Crippen LogP contribution < -0.4 is 10.5 Å². The molecular weight excluding hydrogens is 340 g/mol. The fourth-order valence-electron chi connectivity index (χ4n) is 2.54. The van der Waals surface area contributed by atoms with Crippen LogP contribution in [0.25, 0.3) is 6.08 Å². The van der Waals surface area contributed by atoms with Crippen molar-refractivity contribution in [3.63, 3.8) is 0 Å². The first-order valence-corrected chi connectivity index (χ1v) is 9.03. The second-order valence-electron chi connectivity index (χ2n) is 6.37. The summed E-state index contributed by atoms with van der Waals surface area (Å²) in [6.45, 7) is 4.56. The van der Waals surface area contributed by atoms with Crippen LogP contribution in [0, 0.1) is 0 Å². The number of hydrogen-bond acceptors (Lipinski definition) is 3. The van der Waals surface area contributed by atoms with E-state index in [0.717, 1.165) is 17.5 Å². The maximum atomic E-state index is 12.7. The van der Waals surface area contributed by atoms with Crippen molar-refractivity contribution in [2.24, 2.45) is 5.73 Å². The van der Waals surface area contributed by atoms with E-state index in [0.29, 0.717) is 12.3 Å². The third kappa shape index (κ3) is 6.62. The number of primary amides is 1. The lowest BCUT2D eigenvalue weighted by Crippen LogP contribution is -2.36. The minimum atomic E-state index is -0.520. The van der Waals surface area contributed by atoms with Crippen LogP contribution in [-0.4, -0.2) is 29.4 Å². The van der Waals surface area contributed by atoms with E-state index >= 15 is 0 Å². The molecule has 1 unspecified atom stereocenters. The number of hydrogen-bond donors (Lipinski definition) is 1. The van der Waals surface area contributed by atoms with Crippen LogP contribution in [-0.2, 0) is 16.1 Å². The maximum absolute atomic E-state index is 12.7. The van der Waals surface area contributed by atoms with Gasteiger partial charge in [-0.2, -0.15) is 0 Å². The molecule has 0 heterocycles. The Morgan fingerprint density at radius 2 is 1.78 bits per heavy atom. The molecule has 0 radical (unpaired) electrons. The van der Waals surface area contributed by atoms with Crippen LogP contribution in [0.4, 0.5) is 0 Å². The Morgan fingerprint density at radius 1 is 1.11 bits per heavy atom. The minimum absolute atomic E-state index is 0.0257. The summed E-state index contributed by atoms with van der Waals surface area (Å²) in [4.78, 5) is 25.3. The highest BCUT2D eigenvalue weighted by Crippen LogP contribution is 2.15. The second-order valence-corrected chi connectivity index (χ2v) is 6.37. The third-order valence-electron chi connectivity index (χ3n) is 4.28. The second kappa shape index (κ2) is 10.2. The van der Waals surface area contributed by atoms with Gasteiger partial charge in [0.05, 0.1) is 0 Å². The van der Waals surface area contributed by atoms with Crippen LogP contribution in [0.5, 0.6) is 5.75 Å². The summed E-state index contributed by atoms with van der Waals surface area (Å²) in [7, 11) is 0. The van der Waals surface area contributed by atoms with E-state index in [4.69, 9.17) is 10.5 Å². The standard InChI is InChI=1S/C22H26N2O3/c1-3-17(2)24(15-19-7-5-4-6-8-19)22(26)14-11-18-9-12-20(13-10-18)27-16-21(23)25/h4-14,17H,3,15-16H2,1-2H3,(H2,23,25)/b14-11+. The number of ether oxygens (including phenoxy) is 1. The highest BCUT2D eigenvalue weighted by Gasteiger charge is 2.17. The summed E-state index contributed by atoms with van der Waals surface area (Å²) in [6.07, 6.45) is 4.26. The number of carbonyl (C=O) groups is 2. The lowest BCUT2D eigenvalue weighted by molar-refractivity contribution is -0.128. The van der Waals surface area contributed by atoms with Crippen molar-refractivity contribution in [2.45, 2.75) is 32.9 Å². The van der Waals surface area contributed by atoms with Crippen molar-refractivity contribution < 1.29 is 14.3 Å². The topological polar surface area (TPSA) is 72.6 Å². The minimum Gasteiger partial charge on any atom is -0.484 e. The molecule has 0 aliphatic carbocycles. The van der Waals surface area contributed by atoms with Gasteiger partial charge in [0.15, 0.2) is 6.61 Å². The summed E-state index contributed by atoms with van der Waals surface area (Å²) in [5.74, 6) is 0.0120. The quantitative estimate of drug-likeness (QED) is 0.692. The van der Waals surface area contributed by atoms with Gasteiger partial charge < -0.3 is 15.4 Å². The van der Waals surface area contributed by atoms with Gasteiger partial charge in [0.2, 0.25) is 5.91 Å². The SMILES string of the molecule is CCC(C)N(Cc1ccccc1)C(=O)/C=C/c1ccc(OCC(N)=O)cc1. The Kier molecular flexibility index (Phi) is 7.62. The normalized spacial score (nSPS) is 11.9. The zero-order chi connectivity index (χ0) is 19.6. The predicted molar refractivity (Wildman–Crippen MR) is 107 cm³/mol. The maximum Gasteiger partial charge on any atom is 0.255 e. The predicted octanol–water partition coefficient (Wildman–Crippen LogP) is 3.39. The van der Waals surface area contributed by atoms with Crippen LogP contribution in [0.1, 0.15) is 31.4 Å². The number of carbonyl (C=O) groups excluding carboxylic acids is 2. The number of nitrogens with zero attached hydrogens (tertiary/aromatic N) is 1. The molecule has 5 heteroatoms. The van der Waals surface area contributed by atoms with Crippen LogP contribution in [0.15, 0.2) is 60.7 Å². The van der Waals surface area contributed by atoms with E-state index in [2.05, 4.69) is 13.8 Å². The molecular formula is C22H26N2O3. The van der Waals surface area contributed by atoms with Crippen LogP contribution in [0.2, 0.25) is 0 Å². The van der Waals surface area contributed by atoms with E-state index < -0.39 is 5.91 Å². The highest BCUT2D eigenvalue weighted by atomic mass is 16.5. The zero-order valence-corrected chi connectivity index (χ0v) is 15.8. The molecule has 2 aromatic carbocycles. The molecule has 2 N–H and O–H groups in total. The van der Waals surface area contributed by atoms with Gasteiger partial charge >= 0.3 is 0 Å². The Morgan fingerprint density at radius 3 is 2.37 bits per heavy atom. The first-order chi connectivity index (χ1) is 13.0. The highest BCUT2D eigenvalue weighted by molar-refractivity contribution is 5.92. The Bertz CT molecular complexity index is 770. The molecule has 0 aliphatic heterocycles. The van der Waals surface area contributed by atoms with Gasteiger partial charge in [-0.25, -0.2) is 0 Å². The Balaban J connectivity index is 2.03. The molecule has 27 heavy (non-hydrogen) atoms. The first-order valence-electron chi connectivity index (χ1n) is 9.03. The van der Waals surface area contributed by atoms with Crippen molar-refractivity contribution in [3.05, 3.63) is 71.8 Å². The van der Waals surface area contributed by atoms with Gasteiger partial charge in [0.1, 0.15) is 5.75 Å². The van der Waals surface area contributed by atoms with E-state index in [1.54, 1.807) is 24.3 Å². The Labute approximate surface area is 160 Å². The van der Waals surface area contributed by atoms with Crippen molar-refractivity contribution in [2.75, 3.05) is 6.61 Å². The summed E-state index contributed by atoms with van der Waals surface area (Å²) in [5.41, 5.74) is 7.03. The average molecular weight is 366 g/mol. The van der Waals surface area contributed by atoms with E-state index in [1.165, 1.54) is 0 Å². The molecule has 0 bridgehead atoms. The van der Waals surface area contributed by atoms with Crippen molar-refractivity contribution >= 4 is 17.9 Å². The lowest BCUT2D eigenvalue weighted by atomic mass is 10.1. The number of rotatable bonds is 9.